The fourth-order valence-electron chi connectivity index (χ4n) is 0.863. The highest BCUT2D eigenvalue weighted by molar-refractivity contribution is 8.03. The lowest BCUT2D eigenvalue weighted by atomic mass is 10.3. The molecule has 0 rings (SSSR count). The standard InChI is InChI=1S/C11H22OS2/c1-9(2)6-13-8-11(5-12)14-7-10(3)4/h5,9-11H,6-8H2,1-4H3. The molecule has 0 amide bonds. The molecule has 0 N–H and O–H groups in total. The monoisotopic (exact) mass is 234 g/mol. The van der Waals surface area contributed by atoms with Crippen LogP contribution >= 0.6 is 23.5 Å². The molecule has 0 aliphatic rings. The van der Waals surface area contributed by atoms with E-state index in [-0.39, 0.29) is 5.25 Å². The molecule has 1 unspecified atom stereocenters. The zero-order valence-electron chi connectivity index (χ0n) is 9.66. The van der Waals surface area contributed by atoms with Crippen LogP contribution in [0.25, 0.3) is 0 Å². The van der Waals surface area contributed by atoms with Gasteiger partial charge < -0.3 is 4.79 Å². The lowest BCUT2D eigenvalue weighted by molar-refractivity contribution is -0.107. The van der Waals surface area contributed by atoms with Crippen LogP contribution in [-0.4, -0.2) is 28.8 Å². The largest absolute Gasteiger partial charge is 0.302 e. The van der Waals surface area contributed by atoms with E-state index in [9.17, 15) is 4.79 Å². The molecule has 0 fully saturated rings. The van der Waals surface area contributed by atoms with Gasteiger partial charge in [-0.2, -0.15) is 11.8 Å². The van der Waals surface area contributed by atoms with E-state index in [1.807, 2.05) is 11.8 Å². The minimum atomic E-state index is 0.196. The molecule has 0 radical (unpaired) electrons. The van der Waals surface area contributed by atoms with Gasteiger partial charge in [0.1, 0.15) is 6.29 Å². The summed E-state index contributed by atoms with van der Waals surface area (Å²) in [6, 6.07) is 0. The van der Waals surface area contributed by atoms with Crippen molar-refractivity contribution in [2.45, 2.75) is 32.9 Å². The predicted molar refractivity (Wildman–Crippen MR) is 69.3 cm³/mol. The molecule has 0 spiro atoms. The zero-order valence-corrected chi connectivity index (χ0v) is 11.3. The van der Waals surface area contributed by atoms with Gasteiger partial charge >= 0.3 is 0 Å². The molecule has 0 aromatic carbocycles. The van der Waals surface area contributed by atoms with Gasteiger partial charge in [-0.3, -0.25) is 0 Å². The third kappa shape index (κ3) is 8.95. The Hall–Kier alpha value is 0.370. The molecule has 84 valence electrons. The van der Waals surface area contributed by atoms with Gasteiger partial charge in [0.05, 0.1) is 5.25 Å². The fourth-order valence-corrected chi connectivity index (χ4v) is 3.17. The maximum Gasteiger partial charge on any atom is 0.133 e. The molecular weight excluding hydrogens is 212 g/mol. The van der Waals surface area contributed by atoms with E-state index in [0.717, 1.165) is 29.5 Å². The van der Waals surface area contributed by atoms with E-state index in [2.05, 4.69) is 27.7 Å². The van der Waals surface area contributed by atoms with Crippen LogP contribution < -0.4 is 0 Å². The molecule has 0 aromatic heterocycles. The van der Waals surface area contributed by atoms with E-state index in [0.29, 0.717) is 5.92 Å². The topological polar surface area (TPSA) is 17.1 Å². The zero-order chi connectivity index (χ0) is 11.0. The number of aldehydes is 1. The molecule has 0 saturated carbocycles. The molecule has 0 aliphatic heterocycles. The molecule has 0 aromatic rings. The minimum Gasteiger partial charge on any atom is -0.302 e. The third-order valence-corrected chi connectivity index (χ3v) is 4.80. The van der Waals surface area contributed by atoms with Gasteiger partial charge in [0.15, 0.2) is 0 Å². The molecule has 0 aliphatic carbocycles. The highest BCUT2D eigenvalue weighted by atomic mass is 32.2. The molecule has 0 bridgehead atoms. The first kappa shape index (κ1) is 14.4. The summed E-state index contributed by atoms with van der Waals surface area (Å²) < 4.78 is 0. The Balaban J connectivity index is 3.53. The number of thioether (sulfide) groups is 2. The first-order valence-electron chi connectivity index (χ1n) is 5.20. The molecule has 3 heteroatoms. The van der Waals surface area contributed by atoms with Crippen LogP contribution in [0.3, 0.4) is 0 Å². The van der Waals surface area contributed by atoms with Gasteiger partial charge in [0.2, 0.25) is 0 Å². The van der Waals surface area contributed by atoms with Crippen molar-refractivity contribution < 1.29 is 4.79 Å². The van der Waals surface area contributed by atoms with Crippen molar-refractivity contribution in [2.24, 2.45) is 11.8 Å². The Morgan fingerprint density at radius 1 is 1.00 bits per heavy atom. The van der Waals surface area contributed by atoms with Crippen LogP contribution in [-0.2, 0) is 4.79 Å². The van der Waals surface area contributed by atoms with Crippen LogP contribution in [0.4, 0.5) is 0 Å². The number of rotatable bonds is 8. The van der Waals surface area contributed by atoms with E-state index in [4.69, 9.17) is 0 Å². The SMILES string of the molecule is CC(C)CSCC(C=O)SCC(C)C. The summed E-state index contributed by atoms with van der Waals surface area (Å²) in [5.41, 5.74) is 0. The van der Waals surface area contributed by atoms with Crippen molar-refractivity contribution in [3.05, 3.63) is 0 Å². The number of hydrogen-bond acceptors (Lipinski definition) is 3. The second kappa shape index (κ2) is 8.66. The Bertz CT molecular complexity index is 146. The van der Waals surface area contributed by atoms with E-state index in [1.54, 1.807) is 11.8 Å². The average Bonchev–Trinajstić information content (AvgIpc) is 2.10. The first-order chi connectivity index (χ1) is 6.56. The van der Waals surface area contributed by atoms with Crippen LogP contribution in [0.15, 0.2) is 0 Å². The van der Waals surface area contributed by atoms with Gasteiger partial charge in [0.25, 0.3) is 0 Å². The minimum absolute atomic E-state index is 0.196. The maximum absolute atomic E-state index is 10.8. The highest BCUT2D eigenvalue weighted by Gasteiger charge is 2.09. The normalized spacial score (nSPS) is 13.6. The van der Waals surface area contributed by atoms with Crippen LogP contribution in [0.1, 0.15) is 27.7 Å². The third-order valence-electron chi connectivity index (χ3n) is 1.53. The molecule has 14 heavy (non-hydrogen) atoms. The van der Waals surface area contributed by atoms with Crippen molar-refractivity contribution in [1.29, 1.82) is 0 Å². The smallest absolute Gasteiger partial charge is 0.133 e. The van der Waals surface area contributed by atoms with Crippen molar-refractivity contribution in [3.8, 4) is 0 Å². The Morgan fingerprint density at radius 3 is 2.00 bits per heavy atom. The van der Waals surface area contributed by atoms with Crippen molar-refractivity contribution in [3.63, 3.8) is 0 Å². The Kier molecular flexibility index (Phi) is 8.89. The van der Waals surface area contributed by atoms with Gasteiger partial charge in [-0.15, -0.1) is 11.8 Å². The summed E-state index contributed by atoms with van der Waals surface area (Å²) in [6.45, 7) is 8.81. The van der Waals surface area contributed by atoms with Gasteiger partial charge in [-0.05, 0) is 23.3 Å². The van der Waals surface area contributed by atoms with Gasteiger partial charge in [-0.1, -0.05) is 27.7 Å². The quantitative estimate of drug-likeness (QED) is 0.600. The maximum atomic E-state index is 10.8. The summed E-state index contributed by atoms with van der Waals surface area (Å²) in [5, 5.41) is 0.196. The average molecular weight is 234 g/mol. The van der Waals surface area contributed by atoms with E-state index >= 15 is 0 Å². The summed E-state index contributed by atoms with van der Waals surface area (Å²) in [5.74, 6) is 4.62. The van der Waals surface area contributed by atoms with E-state index < -0.39 is 0 Å². The molecule has 0 saturated heterocycles. The van der Waals surface area contributed by atoms with Crippen LogP contribution in [0.5, 0.6) is 0 Å². The lowest BCUT2D eigenvalue weighted by Gasteiger charge is -2.12. The summed E-state index contributed by atoms with van der Waals surface area (Å²) in [7, 11) is 0. The van der Waals surface area contributed by atoms with Crippen molar-refractivity contribution in [1.82, 2.24) is 0 Å². The predicted octanol–water partition coefficient (Wildman–Crippen LogP) is 3.33. The summed E-state index contributed by atoms with van der Waals surface area (Å²) in [4.78, 5) is 10.8. The van der Waals surface area contributed by atoms with E-state index in [1.165, 1.54) is 0 Å². The van der Waals surface area contributed by atoms with Gasteiger partial charge in [-0.25, -0.2) is 0 Å². The summed E-state index contributed by atoms with van der Waals surface area (Å²) >= 11 is 3.69. The van der Waals surface area contributed by atoms with Crippen molar-refractivity contribution >= 4 is 29.8 Å². The van der Waals surface area contributed by atoms with Gasteiger partial charge in [0, 0.05) is 5.75 Å². The molecule has 1 atom stereocenters. The highest BCUT2D eigenvalue weighted by Crippen LogP contribution is 2.19. The molecular formula is C11H22OS2. The second-order valence-electron chi connectivity index (χ2n) is 4.33. The number of hydrogen-bond donors (Lipinski definition) is 0. The second-order valence-corrected chi connectivity index (χ2v) is 6.68. The van der Waals surface area contributed by atoms with Crippen molar-refractivity contribution in [2.75, 3.05) is 17.3 Å². The first-order valence-corrected chi connectivity index (χ1v) is 7.41. The number of carbonyl (C=O) groups excluding carboxylic acids is 1. The molecule has 0 heterocycles. The lowest BCUT2D eigenvalue weighted by Crippen LogP contribution is -2.11. The number of carbonyl (C=O) groups is 1. The summed E-state index contributed by atoms with van der Waals surface area (Å²) in [6.07, 6.45) is 1.10. The van der Waals surface area contributed by atoms with Crippen LogP contribution in [0, 0.1) is 11.8 Å². The fraction of sp³-hybridized carbons (Fsp3) is 0.909. The Labute approximate surface area is 96.8 Å². The Morgan fingerprint density at radius 2 is 1.57 bits per heavy atom. The molecule has 1 nitrogen and oxygen atoms in total. The van der Waals surface area contributed by atoms with Crippen LogP contribution in [0.2, 0.25) is 0 Å².